The Hall–Kier alpha value is -1.67. The third-order valence-corrected chi connectivity index (χ3v) is 3.27. The Kier molecular flexibility index (Phi) is 4.11. The Morgan fingerprint density at radius 3 is 2.67 bits per heavy atom. The minimum absolute atomic E-state index is 0.129. The van der Waals surface area contributed by atoms with E-state index in [9.17, 15) is 4.79 Å². The quantitative estimate of drug-likeness (QED) is 0.745. The molecule has 2 aromatic rings. The molecule has 0 aliphatic carbocycles. The van der Waals surface area contributed by atoms with Crippen LogP contribution in [-0.2, 0) is 4.74 Å². The minimum Gasteiger partial charge on any atom is -0.382 e. The van der Waals surface area contributed by atoms with Gasteiger partial charge in [0.25, 0.3) is 0 Å². The lowest BCUT2D eigenvalue weighted by Crippen LogP contribution is -2.08. The zero-order valence-corrected chi connectivity index (χ0v) is 10.8. The van der Waals surface area contributed by atoms with E-state index in [2.05, 4.69) is 0 Å². The first-order valence-electron chi connectivity index (χ1n) is 6.26. The van der Waals surface area contributed by atoms with Crippen LogP contribution in [0.15, 0.2) is 42.5 Å². The van der Waals surface area contributed by atoms with Crippen LogP contribution in [0, 0.1) is 0 Å². The summed E-state index contributed by atoms with van der Waals surface area (Å²) in [4.78, 5) is 12.2. The third kappa shape index (κ3) is 2.77. The van der Waals surface area contributed by atoms with Crippen LogP contribution in [0.3, 0.4) is 0 Å². The van der Waals surface area contributed by atoms with Gasteiger partial charge in [0.15, 0.2) is 5.78 Å². The summed E-state index contributed by atoms with van der Waals surface area (Å²) < 4.78 is 5.17. The van der Waals surface area contributed by atoms with E-state index in [0.29, 0.717) is 6.42 Å². The average Bonchev–Trinajstić information content (AvgIpc) is 2.43. The number of hydrogen-bond acceptors (Lipinski definition) is 2. The van der Waals surface area contributed by atoms with Crippen molar-refractivity contribution in [2.75, 3.05) is 7.11 Å². The Balaban J connectivity index is 2.22. The highest BCUT2D eigenvalue weighted by atomic mass is 16.5. The van der Waals surface area contributed by atoms with Crippen LogP contribution in [0.25, 0.3) is 10.8 Å². The molecular weight excluding hydrogens is 224 g/mol. The van der Waals surface area contributed by atoms with E-state index in [1.807, 2.05) is 49.4 Å². The highest BCUT2D eigenvalue weighted by Gasteiger charge is 2.11. The molecule has 0 aliphatic rings. The van der Waals surface area contributed by atoms with E-state index in [0.717, 1.165) is 22.8 Å². The first kappa shape index (κ1) is 12.8. The molecule has 0 aliphatic heterocycles. The van der Waals surface area contributed by atoms with Gasteiger partial charge in [-0.1, -0.05) is 42.5 Å². The molecule has 0 heterocycles. The molecule has 94 valence electrons. The normalized spacial score (nSPS) is 12.6. The van der Waals surface area contributed by atoms with Crippen molar-refractivity contribution in [3.8, 4) is 0 Å². The van der Waals surface area contributed by atoms with Gasteiger partial charge in [0, 0.05) is 19.1 Å². The van der Waals surface area contributed by atoms with Crippen molar-refractivity contribution in [1.82, 2.24) is 0 Å². The van der Waals surface area contributed by atoms with Gasteiger partial charge in [0.1, 0.15) is 0 Å². The van der Waals surface area contributed by atoms with Crippen molar-refractivity contribution in [3.63, 3.8) is 0 Å². The van der Waals surface area contributed by atoms with Gasteiger partial charge in [-0.2, -0.15) is 0 Å². The fourth-order valence-corrected chi connectivity index (χ4v) is 2.06. The van der Waals surface area contributed by atoms with Gasteiger partial charge in [-0.3, -0.25) is 4.79 Å². The van der Waals surface area contributed by atoms with Crippen LogP contribution in [0.2, 0.25) is 0 Å². The highest BCUT2D eigenvalue weighted by Crippen LogP contribution is 2.20. The number of benzene rings is 2. The average molecular weight is 242 g/mol. The van der Waals surface area contributed by atoms with E-state index < -0.39 is 0 Å². The molecule has 2 heteroatoms. The first-order valence-corrected chi connectivity index (χ1v) is 6.26. The lowest BCUT2D eigenvalue weighted by molar-refractivity contribution is 0.0879. The Bertz CT molecular complexity index is 540. The van der Waals surface area contributed by atoms with Crippen LogP contribution in [0.5, 0.6) is 0 Å². The molecule has 0 N–H and O–H groups in total. The highest BCUT2D eigenvalue weighted by molar-refractivity contribution is 6.08. The second-order valence-corrected chi connectivity index (χ2v) is 4.53. The summed E-state index contributed by atoms with van der Waals surface area (Å²) >= 11 is 0. The Morgan fingerprint density at radius 2 is 1.89 bits per heavy atom. The zero-order valence-electron chi connectivity index (χ0n) is 10.8. The summed E-state index contributed by atoms with van der Waals surface area (Å²) in [5.74, 6) is 0.190. The number of methoxy groups -OCH3 is 1. The maximum Gasteiger partial charge on any atom is 0.163 e. The number of Topliss-reactive ketones (excluding diaryl/α,β-unsaturated/α-hetero) is 1. The predicted octanol–water partition coefficient (Wildman–Crippen LogP) is 3.84. The lowest BCUT2D eigenvalue weighted by Gasteiger charge is -2.09. The number of ketones is 1. The minimum atomic E-state index is 0.129. The summed E-state index contributed by atoms with van der Waals surface area (Å²) in [6, 6.07) is 13.9. The number of fused-ring (bicyclic) bond motifs is 1. The van der Waals surface area contributed by atoms with Crippen LogP contribution in [-0.4, -0.2) is 19.0 Å². The van der Waals surface area contributed by atoms with Gasteiger partial charge in [-0.15, -0.1) is 0 Å². The van der Waals surface area contributed by atoms with E-state index in [1.54, 1.807) is 7.11 Å². The molecule has 0 saturated heterocycles. The summed E-state index contributed by atoms with van der Waals surface area (Å²) in [7, 11) is 1.67. The van der Waals surface area contributed by atoms with Crippen molar-refractivity contribution in [3.05, 3.63) is 48.0 Å². The van der Waals surface area contributed by atoms with Gasteiger partial charge in [-0.25, -0.2) is 0 Å². The number of rotatable bonds is 5. The van der Waals surface area contributed by atoms with E-state index in [-0.39, 0.29) is 11.9 Å². The molecule has 0 aromatic heterocycles. The lowest BCUT2D eigenvalue weighted by atomic mass is 9.98. The smallest absolute Gasteiger partial charge is 0.163 e. The van der Waals surface area contributed by atoms with E-state index in [1.165, 1.54) is 0 Å². The van der Waals surface area contributed by atoms with Crippen molar-refractivity contribution in [2.45, 2.75) is 25.9 Å². The molecule has 1 unspecified atom stereocenters. The monoisotopic (exact) mass is 242 g/mol. The summed E-state index contributed by atoms with van der Waals surface area (Å²) in [5.41, 5.74) is 0.816. The number of carbonyl (C=O) groups is 1. The summed E-state index contributed by atoms with van der Waals surface area (Å²) in [5, 5.41) is 2.15. The van der Waals surface area contributed by atoms with Gasteiger partial charge < -0.3 is 4.74 Å². The second-order valence-electron chi connectivity index (χ2n) is 4.53. The number of carbonyl (C=O) groups excluding carboxylic acids is 1. The van der Waals surface area contributed by atoms with Crippen LogP contribution in [0.4, 0.5) is 0 Å². The van der Waals surface area contributed by atoms with Crippen LogP contribution < -0.4 is 0 Å². The van der Waals surface area contributed by atoms with Crippen LogP contribution in [0.1, 0.15) is 30.1 Å². The van der Waals surface area contributed by atoms with Crippen molar-refractivity contribution < 1.29 is 9.53 Å². The largest absolute Gasteiger partial charge is 0.382 e. The Morgan fingerprint density at radius 1 is 1.17 bits per heavy atom. The van der Waals surface area contributed by atoms with Gasteiger partial charge in [-0.05, 0) is 24.1 Å². The predicted molar refractivity (Wildman–Crippen MR) is 74.0 cm³/mol. The second kappa shape index (κ2) is 5.78. The van der Waals surface area contributed by atoms with Crippen LogP contribution >= 0.6 is 0 Å². The third-order valence-electron chi connectivity index (χ3n) is 3.27. The van der Waals surface area contributed by atoms with Crippen molar-refractivity contribution >= 4 is 16.6 Å². The van der Waals surface area contributed by atoms with E-state index >= 15 is 0 Å². The molecule has 0 fully saturated rings. The topological polar surface area (TPSA) is 26.3 Å². The first-order chi connectivity index (χ1) is 8.72. The van der Waals surface area contributed by atoms with Gasteiger partial charge in [0.2, 0.25) is 0 Å². The molecule has 0 amide bonds. The van der Waals surface area contributed by atoms with E-state index in [4.69, 9.17) is 4.74 Å². The standard InChI is InChI=1S/C16H18O2/c1-12(18-2)10-11-16(17)15-9-5-7-13-6-3-4-8-14(13)15/h3-9,12H,10-11H2,1-2H3. The molecule has 0 bridgehead atoms. The Labute approximate surface area is 108 Å². The summed E-state index contributed by atoms with van der Waals surface area (Å²) in [6.45, 7) is 1.98. The van der Waals surface area contributed by atoms with Gasteiger partial charge in [0.05, 0.1) is 6.10 Å². The molecule has 0 spiro atoms. The number of hydrogen-bond donors (Lipinski definition) is 0. The number of ether oxygens (including phenoxy) is 1. The molecular formula is C16H18O2. The molecule has 18 heavy (non-hydrogen) atoms. The van der Waals surface area contributed by atoms with Crippen molar-refractivity contribution in [2.24, 2.45) is 0 Å². The zero-order chi connectivity index (χ0) is 13.0. The fraction of sp³-hybridized carbons (Fsp3) is 0.312. The maximum atomic E-state index is 12.2. The SMILES string of the molecule is COC(C)CCC(=O)c1cccc2ccccc12. The fourth-order valence-electron chi connectivity index (χ4n) is 2.06. The maximum absolute atomic E-state index is 12.2. The molecule has 2 rings (SSSR count). The van der Waals surface area contributed by atoms with Crippen molar-refractivity contribution in [1.29, 1.82) is 0 Å². The summed E-state index contributed by atoms with van der Waals surface area (Å²) in [6.07, 6.45) is 1.42. The molecule has 0 radical (unpaired) electrons. The molecule has 0 saturated carbocycles. The molecule has 2 aromatic carbocycles. The molecule has 1 atom stereocenters. The molecule has 2 nitrogen and oxygen atoms in total. The van der Waals surface area contributed by atoms with Gasteiger partial charge >= 0.3 is 0 Å².